The Morgan fingerprint density at radius 2 is 1.46 bits per heavy atom. The molecule has 0 atom stereocenters. The van der Waals surface area contributed by atoms with E-state index in [1.807, 2.05) is 0 Å². The predicted molar refractivity (Wildman–Crippen MR) is 148 cm³/mol. The van der Waals surface area contributed by atoms with Gasteiger partial charge in [-0.15, -0.1) is 0 Å². The van der Waals surface area contributed by atoms with Gasteiger partial charge in [0.05, 0.1) is 77.1 Å². The molecule has 0 bridgehead atoms. The van der Waals surface area contributed by atoms with Crippen LogP contribution in [0.4, 0.5) is 15.9 Å². The van der Waals surface area contributed by atoms with Gasteiger partial charge < -0.3 is 43.6 Å². The molecule has 0 saturated heterocycles. The minimum atomic E-state index is -1.01. The van der Waals surface area contributed by atoms with Crippen molar-refractivity contribution in [1.29, 1.82) is 0 Å². The number of hydrogen-bond donors (Lipinski definition) is 2. The molecule has 2 aromatic carbocycles. The number of carboxylic acids is 1. The van der Waals surface area contributed by atoms with E-state index in [-0.39, 0.29) is 24.8 Å². The van der Waals surface area contributed by atoms with Gasteiger partial charge in [0.2, 0.25) is 0 Å². The highest BCUT2D eigenvalue weighted by Crippen LogP contribution is 2.35. The molecule has 1 heterocycles. The van der Waals surface area contributed by atoms with Gasteiger partial charge in [-0.1, -0.05) is 11.6 Å². The molecule has 0 aliphatic rings. The summed E-state index contributed by atoms with van der Waals surface area (Å²) in [6, 6.07) is 7.82. The minimum absolute atomic E-state index is 0.00107. The number of aromatic nitrogens is 2. The molecule has 12 nitrogen and oxygen atoms in total. The van der Waals surface area contributed by atoms with Gasteiger partial charge in [-0.25, -0.2) is 19.2 Å². The topological polar surface area (TPSA) is 140 Å². The summed E-state index contributed by atoms with van der Waals surface area (Å²) in [6.07, 6.45) is 1.41. The molecule has 0 aliphatic carbocycles. The summed E-state index contributed by atoms with van der Waals surface area (Å²) in [5.41, 5.74) is 1.20. The van der Waals surface area contributed by atoms with E-state index in [4.69, 9.17) is 49.9 Å². The lowest BCUT2D eigenvalue weighted by atomic mass is 10.2. The molecule has 1 aromatic heterocycles. The molecule has 0 radical (unpaired) electrons. The van der Waals surface area contributed by atoms with Crippen LogP contribution in [0, 0.1) is 5.82 Å². The highest BCUT2D eigenvalue weighted by molar-refractivity contribution is 6.31. The van der Waals surface area contributed by atoms with Gasteiger partial charge in [-0.3, -0.25) is 0 Å². The Hall–Kier alpha value is -3.33. The van der Waals surface area contributed by atoms with Crippen LogP contribution in [0.5, 0.6) is 11.5 Å². The number of nitrogens with one attached hydrogen (secondary N) is 1. The molecule has 0 spiro atoms. The zero-order valence-corrected chi connectivity index (χ0v) is 23.4. The maximum atomic E-state index is 13.5. The molecule has 0 aliphatic heterocycles. The van der Waals surface area contributed by atoms with Gasteiger partial charge in [-0.2, -0.15) is 0 Å². The van der Waals surface area contributed by atoms with E-state index < -0.39 is 11.8 Å². The molecular weight excluding hydrogens is 565 g/mol. The van der Waals surface area contributed by atoms with Crippen molar-refractivity contribution in [3.05, 3.63) is 47.5 Å². The van der Waals surface area contributed by atoms with Crippen LogP contribution in [0.15, 0.2) is 36.7 Å². The lowest BCUT2D eigenvalue weighted by molar-refractivity contribution is -0.142. The molecular formula is C27H33ClFN3O9. The number of halogens is 2. The number of rotatable bonds is 21. The largest absolute Gasteiger partial charge is 0.493 e. The highest BCUT2D eigenvalue weighted by atomic mass is 35.5. The van der Waals surface area contributed by atoms with E-state index in [2.05, 4.69) is 15.3 Å². The van der Waals surface area contributed by atoms with Crippen LogP contribution >= 0.6 is 11.6 Å². The van der Waals surface area contributed by atoms with Crippen LogP contribution in [-0.2, 0) is 28.5 Å². The van der Waals surface area contributed by atoms with Crippen molar-refractivity contribution in [1.82, 2.24) is 9.97 Å². The molecule has 0 unspecified atom stereocenters. The summed E-state index contributed by atoms with van der Waals surface area (Å²) in [6.45, 7) is 3.21. The number of hydrogen-bond acceptors (Lipinski definition) is 11. The monoisotopic (exact) mass is 597 g/mol. The standard InChI is InChI=1S/C27H33ClFN3O9/c1-35-24-16-23-20(27(31-18-30-23)32-19-2-3-22(29)21(28)14-19)15-25(24)41-13-12-39-9-8-37-5-4-36-6-7-38-10-11-40-17-26(33)34/h2-3,14-16,18H,4-13,17H2,1H3,(H,33,34)(H,30,31,32). The third kappa shape index (κ3) is 11.6. The number of carbonyl (C=O) groups is 1. The number of nitrogens with zero attached hydrogens (tertiary/aromatic N) is 2. The van der Waals surface area contributed by atoms with E-state index in [1.165, 1.54) is 18.5 Å². The molecule has 0 saturated carbocycles. The molecule has 41 heavy (non-hydrogen) atoms. The van der Waals surface area contributed by atoms with Gasteiger partial charge in [0.15, 0.2) is 11.5 Å². The second-order valence-corrected chi connectivity index (χ2v) is 8.65. The van der Waals surface area contributed by atoms with Gasteiger partial charge >= 0.3 is 5.97 Å². The first-order chi connectivity index (χ1) is 20.0. The first kappa shape index (κ1) is 32.2. The first-order valence-electron chi connectivity index (χ1n) is 12.8. The van der Waals surface area contributed by atoms with E-state index in [0.29, 0.717) is 86.8 Å². The van der Waals surface area contributed by atoms with Crippen molar-refractivity contribution in [2.24, 2.45) is 0 Å². The van der Waals surface area contributed by atoms with E-state index >= 15 is 0 Å². The Labute approximate surface area is 241 Å². The second kappa shape index (κ2) is 18.2. The fourth-order valence-electron chi connectivity index (χ4n) is 3.40. The maximum Gasteiger partial charge on any atom is 0.329 e. The smallest absolute Gasteiger partial charge is 0.329 e. The van der Waals surface area contributed by atoms with Crippen molar-refractivity contribution in [3.63, 3.8) is 0 Å². The zero-order chi connectivity index (χ0) is 29.3. The van der Waals surface area contributed by atoms with E-state index in [1.54, 1.807) is 25.3 Å². The first-order valence-corrected chi connectivity index (χ1v) is 13.1. The van der Waals surface area contributed by atoms with Gasteiger partial charge in [0.25, 0.3) is 0 Å². The fraction of sp³-hybridized carbons (Fsp3) is 0.444. The van der Waals surface area contributed by atoms with Gasteiger partial charge in [0.1, 0.15) is 31.2 Å². The predicted octanol–water partition coefficient (Wildman–Crippen LogP) is 3.72. The van der Waals surface area contributed by atoms with Gasteiger partial charge in [0, 0.05) is 17.1 Å². The normalized spacial score (nSPS) is 11.1. The van der Waals surface area contributed by atoms with Crippen molar-refractivity contribution in [2.75, 3.05) is 85.1 Å². The maximum absolute atomic E-state index is 13.5. The molecule has 14 heteroatoms. The summed E-state index contributed by atoms with van der Waals surface area (Å²) in [4.78, 5) is 18.9. The Balaban J connectivity index is 1.31. The van der Waals surface area contributed by atoms with Crippen molar-refractivity contribution in [2.45, 2.75) is 0 Å². The number of anilines is 2. The minimum Gasteiger partial charge on any atom is -0.493 e. The molecule has 3 rings (SSSR count). The van der Waals surface area contributed by atoms with E-state index in [9.17, 15) is 9.18 Å². The number of methoxy groups -OCH3 is 1. The molecule has 3 aromatic rings. The van der Waals surface area contributed by atoms with Crippen molar-refractivity contribution >= 4 is 40.0 Å². The third-order valence-corrected chi connectivity index (χ3v) is 5.59. The van der Waals surface area contributed by atoms with E-state index in [0.717, 1.165) is 0 Å². The van der Waals surface area contributed by atoms with Crippen LogP contribution < -0.4 is 14.8 Å². The molecule has 0 amide bonds. The molecule has 0 fully saturated rings. The fourth-order valence-corrected chi connectivity index (χ4v) is 3.58. The molecule has 224 valence electrons. The zero-order valence-electron chi connectivity index (χ0n) is 22.6. The quantitative estimate of drug-likeness (QED) is 0.173. The number of fused-ring (bicyclic) bond motifs is 1. The van der Waals surface area contributed by atoms with Crippen LogP contribution in [0.3, 0.4) is 0 Å². The summed E-state index contributed by atoms with van der Waals surface area (Å²) in [5, 5.41) is 12.3. The lowest BCUT2D eigenvalue weighted by Crippen LogP contribution is -2.15. The number of carboxylic acid groups (broad SMARTS) is 1. The average molecular weight is 598 g/mol. The van der Waals surface area contributed by atoms with Crippen LogP contribution in [0.2, 0.25) is 5.02 Å². The summed E-state index contributed by atoms with van der Waals surface area (Å²) in [5.74, 6) is -0.0237. The number of benzene rings is 2. The van der Waals surface area contributed by atoms with Crippen LogP contribution in [-0.4, -0.2) is 101 Å². The third-order valence-electron chi connectivity index (χ3n) is 5.30. The van der Waals surface area contributed by atoms with Crippen molar-refractivity contribution in [3.8, 4) is 11.5 Å². The SMILES string of the molecule is COc1cc2ncnc(Nc3ccc(F)c(Cl)c3)c2cc1OCCOCCOCCOCCOCCOCC(=O)O. The highest BCUT2D eigenvalue weighted by Gasteiger charge is 2.13. The van der Waals surface area contributed by atoms with Crippen LogP contribution in [0.1, 0.15) is 0 Å². The van der Waals surface area contributed by atoms with Crippen LogP contribution in [0.25, 0.3) is 10.9 Å². The summed E-state index contributed by atoms with van der Waals surface area (Å²) >= 11 is 5.90. The number of aliphatic carboxylic acids is 1. The second-order valence-electron chi connectivity index (χ2n) is 8.24. The molecule has 2 N–H and O–H groups in total. The Morgan fingerprint density at radius 1 is 0.854 bits per heavy atom. The van der Waals surface area contributed by atoms with Gasteiger partial charge in [-0.05, 0) is 24.3 Å². The Kier molecular flexibility index (Phi) is 14.3. The van der Waals surface area contributed by atoms with Crippen molar-refractivity contribution < 1.29 is 47.4 Å². The summed E-state index contributed by atoms with van der Waals surface area (Å²) in [7, 11) is 1.54. The number of ether oxygens (including phenoxy) is 7. The summed E-state index contributed by atoms with van der Waals surface area (Å²) < 4.78 is 51.4. The Morgan fingerprint density at radius 3 is 2.05 bits per heavy atom. The Bertz CT molecular complexity index is 1240. The average Bonchev–Trinajstić information content (AvgIpc) is 2.96. The lowest BCUT2D eigenvalue weighted by Gasteiger charge is -2.14.